The fourth-order valence-corrected chi connectivity index (χ4v) is 0.843. The summed E-state index contributed by atoms with van der Waals surface area (Å²) in [5, 5.41) is 7.26. The Balaban J connectivity index is 2.69. The predicted molar refractivity (Wildman–Crippen MR) is 33.9 cm³/mol. The topological polar surface area (TPSA) is 27.1 Å². The average molecular weight is 110 g/mol. The Bertz CT molecular complexity index is 147. The molecule has 1 heterocycles. The first-order chi connectivity index (χ1) is 3.70. The van der Waals surface area contributed by atoms with Crippen molar-refractivity contribution in [2.24, 2.45) is 0 Å². The van der Waals surface area contributed by atoms with E-state index in [4.69, 9.17) is 5.41 Å². The van der Waals surface area contributed by atoms with E-state index in [1.54, 1.807) is 0 Å². The molecule has 1 aliphatic rings. The molecule has 44 valence electrons. The van der Waals surface area contributed by atoms with Gasteiger partial charge in [-0.3, -0.25) is 5.41 Å². The molecule has 0 amide bonds. The Labute approximate surface area is 49.3 Å². The molecule has 0 radical (unpaired) electrons. The summed E-state index contributed by atoms with van der Waals surface area (Å²) in [7, 11) is 1.90. The first kappa shape index (κ1) is 5.35. The fourth-order valence-electron chi connectivity index (χ4n) is 0.843. The third kappa shape index (κ3) is 0.735. The van der Waals surface area contributed by atoms with E-state index in [0.717, 1.165) is 6.42 Å². The lowest BCUT2D eigenvalue weighted by molar-refractivity contribution is 0.692. The van der Waals surface area contributed by atoms with Gasteiger partial charge in [-0.15, -0.1) is 0 Å². The van der Waals surface area contributed by atoms with Crippen molar-refractivity contribution < 1.29 is 0 Å². The third-order valence-electron chi connectivity index (χ3n) is 1.29. The molecule has 2 nitrogen and oxygen atoms in total. The van der Waals surface area contributed by atoms with Crippen molar-refractivity contribution >= 4 is 5.84 Å². The SMILES string of the molecule is CC1=CN(C)C(=N)C1. The van der Waals surface area contributed by atoms with E-state index >= 15 is 0 Å². The van der Waals surface area contributed by atoms with Crippen LogP contribution in [0.4, 0.5) is 0 Å². The molecular weight excluding hydrogens is 100 g/mol. The fraction of sp³-hybridized carbons (Fsp3) is 0.500. The molecule has 0 aromatic carbocycles. The highest BCUT2D eigenvalue weighted by atomic mass is 15.1. The second-order valence-electron chi connectivity index (χ2n) is 2.21. The third-order valence-corrected chi connectivity index (χ3v) is 1.29. The molecule has 0 saturated carbocycles. The molecule has 0 unspecified atom stereocenters. The van der Waals surface area contributed by atoms with Gasteiger partial charge in [-0.25, -0.2) is 0 Å². The number of hydrogen-bond donors (Lipinski definition) is 1. The average Bonchev–Trinajstić information content (AvgIpc) is 1.85. The van der Waals surface area contributed by atoms with Crippen LogP contribution >= 0.6 is 0 Å². The summed E-state index contributed by atoms with van der Waals surface area (Å²) in [5.41, 5.74) is 1.28. The van der Waals surface area contributed by atoms with Crippen molar-refractivity contribution in [3.05, 3.63) is 11.8 Å². The highest BCUT2D eigenvalue weighted by molar-refractivity contribution is 5.84. The van der Waals surface area contributed by atoms with E-state index in [0.29, 0.717) is 5.84 Å². The monoisotopic (exact) mass is 110 g/mol. The molecule has 0 aliphatic carbocycles. The van der Waals surface area contributed by atoms with Gasteiger partial charge in [0.2, 0.25) is 0 Å². The summed E-state index contributed by atoms with van der Waals surface area (Å²) < 4.78 is 0. The van der Waals surface area contributed by atoms with Gasteiger partial charge in [-0.2, -0.15) is 0 Å². The summed E-state index contributed by atoms with van der Waals surface area (Å²) in [6.45, 7) is 2.04. The number of hydrogen-bond acceptors (Lipinski definition) is 1. The van der Waals surface area contributed by atoms with Crippen molar-refractivity contribution in [1.29, 1.82) is 5.41 Å². The Kier molecular flexibility index (Phi) is 1.08. The van der Waals surface area contributed by atoms with Gasteiger partial charge in [0.15, 0.2) is 0 Å². The lowest BCUT2D eigenvalue weighted by Gasteiger charge is -2.04. The molecular formula is C6H10N2. The Morgan fingerprint density at radius 1 is 1.75 bits per heavy atom. The van der Waals surface area contributed by atoms with Crippen LogP contribution in [0, 0.1) is 5.41 Å². The summed E-state index contributed by atoms with van der Waals surface area (Å²) in [6.07, 6.45) is 2.82. The van der Waals surface area contributed by atoms with Gasteiger partial charge >= 0.3 is 0 Å². The first-order valence-corrected chi connectivity index (χ1v) is 2.67. The number of rotatable bonds is 0. The molecule has 1 rings (SSSR count). The standard InChI is InChI=1S/C6H10N2/c1-5-3-6(7)8(2)4-5/h4,7H,3H2,1-2H3. The van der Waals surface area contributed by atoms with Crippen molar-refractivity contribution in [2.75, 3.05) is 7.05 Å². The van der Waals surface area contributed by atoms with Crippen LogP contribution in [0.2, 0.25) is 0 Å². The van der Waals surface area contributed by atoms with E-state index in [1.807, 2.05) is 25.1 Å². The maximum atomic E-state index is 7.26. The van der Waals surface area contributed by atoms with Gasteiger partial charge in [0.05, 0.1) is 0 Å². The maximum Gasteiger partial charge on any atom is 0.104 e. The molecule has 1 aliphatic heterocycles. The zero-order valence-corrected chi connectivity index (χ0v) is 5.23. The van der Waals surface area contributed by atoms with Gasteiger partial charge in [0, 0.05) is 19.7 Å². The smallest absolute Gasteiger partial charge is 0.104 e. The van der Waals surface area contributed by atoms with Gasteiger partial charge < -0.3 is 4.90 Å². The van der Waals surface area contributed by atoms with E-state index in [1.165, 1.54) is 5.57 Å². The van der Waals surface area contributed by atoms with Crippen LogP contribution in [-0.4, -0.2) is 17.8 Å². The van der Waals surface area contributed by atoms with E-state index in [9.17, 15) is 0 Å². The summed E-state index contributed by atoms with van der Waals surface area (Å²) in [5.74, 6) is 0.697. The van der Waals surface area contributed by atoms with Crippen LogP contribution in [0.5, 0.6) is 0 Å². The van der Waals surface area contributed by atoms with Gasteiger partial charge in [0.25, 0.3) is 0 Å². The molecule has 0 spiro atoms. The predicted octanol–water partition coefficient (Wildman–Crippen LogP) is 1.20. The molecule has 2 heteroatoms. The second-order valence-corrected chi connectivity index (χ2v) is 2.21. The Hall–Kier alpha value is -0.790. The minimum atomic E-state index is 0.697. The van der Waals surface area contributed by atoms with Crippen molar-refractivity contribution in [2.45, 2.75) is 13.3 Å². The van der Waals surface area contributed by atoms with E-state index < -0.39 is 0 Å². The van der Waals surface area contributed by atoms with Crippen LogP contribution < -0.4 is 0 Å². The molecule has 0 bridgehead atoms. The van der Waals surface area contributed by atoms with Crippen molar-refractivity contribution in [3.8, 4) is 0 Å². The number of nitrogens with one attached hydrogen (secondary N) is 1. The van der Waals surface area contributed by atoms with Crippen molar-refractivity contribution in [1.82, 2.24) is 4.90 Å². The lowest BCUT2D eigenvalue weighted by atomic mass is 10.3. The van der Waals surface area contributed by atoms with Crippen LogP contribution in [0.3, 0.4) is 0 Å². The summed E-state index contributed by atoms with van der Waals surface area (Å²) in [4.78, 5) is 1.84. The molecule has 0 aromatic rings. The molecule has 0 aromatic heterocycles. The van der Waals surface area contributed by atoms with Gasteiger partial charge in [0.1, 0.15) is 5.84 Å². The summed E-state index contributed by atoms with van der Waals surface area (Å²) in [6, 6.07) is 0. The van der Waals surface area contributed by atoms with Crippen LogP contribution in [0.1, 0.15) is 13.3 Å². The molecule has 0 saturated heterocycles. The summed E-state index contributed by atoms with van der Waals surface area (Å²) >= 11 is 0. The number of nitrogens with zero attached hydrogens (tertiary/aromatic N) is 1. The Morgan fingerprint density at radius 3 is 2.50 bits per heavy atom. The van der Waals surface area contributed by atoms with Crippen LogP contribution in [0.15, 0.2) is 11.8 Å². The molecule has 0 fully saturated rings. The molecule has 8 heavy (non-hydrogen) atoms. The Morgan fingerprint density at radius 2 is 2.38 bits per heavy atom. The maximum absolute atomic E-state index is 7.26. The van der Waals surface area contributed by atoms with E-state index in [-0.39, 0.29) is 0 Å². The minimum Gasteiger partial charge on any atom is -0.340 e. The van der Waals surface area contributed by atoms with Crippen molar-refractivity contribution in [3.63, 3.8) is 0 Å². The zero-order chi connectivity index (χ0) is 6.15. The number of amidine groups is 1. The largest absolute Gasteiger partial charge is 0.340 e. The highest BCUT2D eigenvalue weighted by Crippen LogP contribution is 2.11. The van der Waals surface area contributed by atoms with Crippen LogP contribution in [0.25, 0.3) is 0 Å². The minimum absolute atomic E-state index is 0.697. The second kappa shape index (κ2) is 1.62. The quantitative estimate of drug-likeness (QED) is 0.498. The molecule has 0 atom stereocenters. The van der Waals surface area contributed by atoms with Gasteiger partial charge in [-0.05, 0) is 12.5 Å². The van der Waals surface area contributed by atoms with Crippen LogP contribution in [-0.2, 0) is 0 Å². The zero-order valence-electron chi connectivity index (χ0n) is 5.23. The van der Waals surface area contributed by atoms with E-state index in [2.05, 4.69) is 0 Å². The first-order valence-electron chi connectivity index (χ1n) is 2.67. The van der Waals surface area contributed by atoms with Gasteiger partial charge in [-0.1, -0.05) is 0 Å². The highest BCUT2D eigenvalue weighted by Gasteiger charge is 2.09. The normalized spacial score (nSPS) is 19.5. The lowest BCUT2D eigenvalue weighted by Crippen LogP contribution is -2.13. The molecule has 1 N–H and O–H groups in total.